The molecule has 5 atom stereocenters. The van der Waals surface area contributed by atoms with Crippen molar-refractivity contribution in [2.24, 2.45) is 0 Å². The van der Waals surface area contributed by atoms with Crippen molar-refractivity contribution in [3.63, 3.8) is 0 Å². The van der Waals surface area contributed by atoms with Crippen LogP contribution in [0.15, 0.2) is 0 Å². The van der Waals surface area contributed by atoms with Crippen LogP contribution in [0, 0.1) is 0 Å². The number of unbranched alkanes of at least 4 members (excludes halogenated alkanes) is 40. The molecule has 19 heteroatoms. The maximum absolute atomic E-state index is 13.0. The van der Waals surface area contributed by atoms with Crippen LogP contribution in [0.1, 0.15) is 336 Å². The lowest BCUT2D eigenvalue weighted by Gasteiger charge is -2.21. The van der Waals surface area contributed by atoms with E-state index >= 15 is 0 Å². The molecule has 3 N–H and O–H groups in total. The molecule has 0 fully saturated rings. The van der Waals surface area contributed by atoms with Crippen LogP contribution in [0.3, 0.4) is 0 Å². The number of aliphatic hydroxyl groups excluding tert-OH is 1. The Morgan fingerprint density at radius 2 is 0.476 bits per heavy atom. The highest BCUT2D eigenvalue weighted by Gasteiger charge is 2.30. The van der Waals surface area contributed by atoms with E-state index in [0.717, 1.165) is 96.3 Å². The smallest absolute Gasteiger partial charge is 0.462 e. The molecular formula is C65H126O17P2. The summed E-state index contributed by atoms with van der Waals surface area (Å²) in [5.74, 6) is -2.13. The van der Waals surface area contributed by atoms with E-state index < -0.39 is 97.5 Å². The second-order valence-corrected chi connectivity index (χ2v) is 26.4. The van der Waals surface area contributed by atoms with Gasteiger partial charge in [-0.1, -0.05) is 285 Å². The highest BCUT2D eigenvalue weighted by molar-refractivity contribution is 7.47. The van der Waals surface area contributed by atoms with Crippen LogP contribution in [0.5, 0.6) is 0 Å². The Morgan fingerprint density at radius 1 is 0.286 bits per heavy atom. The Hall–Kier alpha value is -1.94. The number of phosphoric acid groups is 2. The van der Waals surface area contributed by atoms with Crippen molar-refractivity contribution in [3.8, 4) is 0 Å². The fourth-order valence-electron chi connectivity index (χ4n) is 9.81. The summed E-state index contributed by atoms with van der Waals surface area (Å²) in [6.07, 6.45) is 45.8. The molecule has 17 nitrogen and oxygen atoms in total. The Morgan fingerprint density at radius 3 is 0.702 bits per heavy atom. The Balaban J connectivity index is 5.19. The van der Waals surface area contributed by atoms with E-state index in [4.69, 9.17) is 37.0 Å². The lowest BCUT2D eigenvalue weighted by molar-refractivity contribution is -0.161. The minimum Gasteiger partial charge on any atom is -0.462 e. The van der Waals surface area contributed by atoms with Crippen LogP contribution in [0.2, 0.25) is 0 Å². The van der Waals surface area contributed by atoms with Crippen LogP contribution >= 0.6 is 15.6 Å². The number of hydrogen-bond donors (Lipinski definition) is 3. The van der Waals surface area contributed by atoms with Crippen LogP contribution in [-0.4, -0.2) is 96.7 Å². The summed E-state index contributed by atoms with van der Waals surface area (Å²) < 4.78 is 68.0. The van der Waals surface area contributed by atoms with Gasteiger partial charge in [0.1, 0.15) is 19.3 Å². The fraction of sp³-hybridized carbons (Fsp3) is 0.938. The van der Waals surface area contributed by atoms with Crippen molar-refractivity contribution in [1.29, 1.82) is 0 Å². The number of hydrogen-bond acceptors (Lipinski definition) is 15. The van der Waals surface area contributed by atoms with Gasteiger partial charge in [0.2, 0.25) is 0 Å². The van der Waals surface area contributed by atoms with Gasteiger partial charge >= 0.3 is 39.5 Å². The third-order valence-electron chi connectivity index (χ3n) is 15.1. The van der Waals surface area contributed by atoms with E-state index in [1.54, 1.807) is 0 Å². The number of phosphoric ester groups is 2. The normalized spacial score (nSPS) is 14.1. The molecule has 0 rings (SSSR count). The zero-order valence-corrected chi connectivity index (χ0v) is 55.7. The maximum atomic E-state index is 13.0. The summed E-state index contributed by atoms with van der Waals surface area (Å²) in [5, 5.41) is 10.5. The first-order valence-electron chi connectivity index (χ1n) is 34.3. The number of ether oxygens (including phenoxy) is 4. The largest absolute Gasteiger partial charge is 0.472 e. The zero-order chi connectivity index (χ0) is 61.9. The van der Waals surface area contributed by atoms with Crippen LogP contribution < -0.4 is 0 Å². The fourth-order valence-corrected chi connectivity index (χ4v) is 11.4. The van der Waals surface area contributed by atoms with Gasteiger partial charge < -0.3 is 33.8 Å². The molecule has 0 heterocycles. The molecule has 0 radical (unpaired) electrons. The molecule has 0 saturated heterocycles. The summed E-state index contributed by atoms with van der Waals surface area (Å²) in [7, 11) is -9.88. The third-order valence-corrected chi connectivity index (χ3v) is 17.0. The van der Waals surface area contributed by atoms with Gasteiger partial charge in [-0.25, -0.2) is 9.13 Å². The molecule has 0 aromatic rings. The van der Waals surface area contributed by atoms with Crippen molar-refractivity contribution in [2.45, 2.75) is 354 Å². The van der Waals surface area contributed by atoms with Crippen molar-refractivity contribution >= 4 is 39.5 Å². The topological polar surface area (TPSA) is 237 Å². The van der Waals surface area contributed by atoms with Gasteiger partial charge in [-0.15, -0.1) is 0 Å². The van der Waals surface area contributed by atoms with Gasteiger partial charge in [-0.3, -0.25) is 37.3 Å². The first-order chi connectivity index (χ1) is 40.7. The molecule has 0 aliphatic carbocycles. The lowest BCUT2D eigenvalue weighted by atomic mass is 10.0. The Labute approximate surface area is 511 Å². The number of esters is 4. The lowest BCUT2D eigenvalue weighted by Crippen LogP contribution is -2.30. The summed E-state index contributed by atoms with van der Waals surface area (Å²) in [5.41, 5.74) is 0. The summed E-state index contributed by atoms with van der Waals surface area (Å²) in [4.78, 5) is 72.2. The molecule has 0 aliphatic rings. The van der Waals surface area contributed by atoms with Crippen molar-refractivity contribution in [1.82, 2.24) is 0 Å². The Bertz CT molecular complexity index is 1620. The molecule has 0 aromatic carbocycles. The molecule has 0 saturated carbocycles. The van der Waals surface area contributed by atoms with E-state index in [1.807, 2.05) is 0 Å². The predicted octanol–water partition coefficient (Wildman–Crippen LogP) is 18.3. The summed E-state index contributed by atoms with van der Waals surface area (Å²) in [6, 6.07) is 0. The molecule has 0 amide bonds. The highest BCUT2D eigenvalue weighted by atomic mass is 31.2. The zero-order valence-electron chi connectivity index (χ0n) is 53.9. The van der Waals surface area contributed by atoms with E-state index in [0.29, 0.717) is 25.7 Å². The average Bonchev–Trinajstić information content (AvgIpc) is 3.47. The molecule has 0 spiro atoms. The van der Waals surface area contributed by atoms with E-state index in [2.05, 4.69) is 27.7 Å². The number of carbonyl (C=O) groups is 4. The summed E-state index contributed by atoms with van der Waals surface area (Å²) in [6.45, 7) is 4.87. The molecule has 0 aromatic heterocycles. The van der Waals surface area contributed by atoms with Crippen molar-refractivity contribution < 1.29 is 80.2 Å². The van der Waals surface area contributed by atoms with Gasteiger partial charge in [0.15, 0.2) is 12.2 Å². The number of aliphatic hydroxyl groups is 1. The third kappa shape index (κ3) is 59.0. The molecule has 0 bridgehead atoms. The van der Waals surface area contributed by atoms with Crippen LogP contribution in [0.25, 0.3) is 0 Å². The number of carbonyl (C=O) groups excluding carboxylic acids is 4. The minimum absolute atomic E-state index is 0.107. The van der Waals surface area contributed by atoms with Crippen LogP contribution in [-0.2, 0) is 65.4 Å². The Kier molecular flexibility index (Phi) is 58.6. The van der Waals surface area contributed by atoms with E-state index in [9.17, 15) is 43.2 Å². The van der Waals surface area contributed by atoms with Gasteiger partial charge in [-0.2, -0.15) is 0 Å². The second-order valence-electron chi connectivity index (χ2n) is 23.5. The monoisotopic (exact) mass is 1240 g/mol. The molecule has 498 valence electrons. The molecule has 84 heavy (non-hydrogen) atoms. The van der Waals surface area contributed by atoms with E-state index in [-0.39, 0.29) is 25.7 Å². The van der Waals surface area contributed by atoms with Gasteiger partial charge in [0.05, 0.1) is 26.4 Å². The van der Waals surface area contributed by atoms with Crippen molar-refractivity contribution in [3.05, 3.63) is 0 Å². The quantitative estimate of drug-likeness (QED) is 0.0222. The molecule has 0 aliphatic heterocycles. The minimum atomic E-state index is -4.94. The highest BCUT2D eigenvalue weighted by Crippen LogP contribution is 2.45. The van der Waals surface area contributed by atoms with Gasteiger partial charge in [0.25, 0.3) is 0 Å². The molecular weight excluding hydrogens is 1110 g/mol. The van der Waals surface area contributed by atoms with Crippen LogP contribution in [0.4, 0.5) is 0 Å². The van der Waals surface area contributed by atoms with Gasteiger partial charge in [-0.05, 0) is 25.7 Å². The van der Waals surface area contributed by atoms with Gasteiger partial charge in [0, 0.05) is 25.7 Å². The number of rotatable bonds is 66. The second kappa shape index (κ2) is 60.0. The summed E-state index contributed by atoms with van der Waals surface area (Å²) >= 11 is 0. The van der Waals surface area contributed by atoms with Crippen molar-refractivity contribution in [2.75, 3.05) is 39.6 Å². The SMILES string of the molecule is CCCCCCCCCCCCCCCCCCC(=O)O[C@H](COC(=O)CCCCCCCCCCCC)COP(=O)(O)OC[C@@H](O)COP(=O)(O)OC[C@@H](COC(=O)CCCCCCCCCC)OC(=O)CCCCCCCCCCCC. The predicted molar refractivity (Wildman–Crippen MR) is 335 cm³/mol. The molecule has 2 unspecified atom stereocenters. The first kappa shape index (κ1) is 82.1. The standard InChI is InChI=1S/C65H126O17P2/c1-5-9-13-17-21-25-28-29-30-31-32-33-36-40-44-48-52-65(70)82-61(56-76-63(68)50-46-42-38-34-26-22-18-14-10-6-2)58-80-84(73,74)78-54-59(66)53-77-83(71,72)79-57-60(55-75-62(67)49-45-41-37-24-20-16-12-8-4)81-64(69)51-47-43-39-35-27-23-19-15-11-7-3/h59-61,66H,5-58H2,1-4H3,(H,71,72)(H,73,74)/t59-,60+,61+/m0/s1. The average molecular weight is 1240 g/mol. The van der Waals surface area contributed by atoms with E-state index in [1.165, 1.54) is 161 Å². The maximum Gasteiger partial charge on any atom is 0.472 e. The first-order valence-corrected chi connectivity index (χ1v) is 37.3.